The SMILES string of the molecule is Cc1cnc(-c2nc(Cn3cncn3)nn2CCc2ccccc2)cn1. The highest BCUT2D eigenvalue weighted by Crippen LogP contribution is 2.15. The van der Waals surface area contributed by atoms with E-state index in [0.29, 0.717) is 30.4 Å². The van der Waals surface area contributed by atoms with E-state index < -0.39 is 0 Å². The molecule has 0 aliphatic rings. The predicted molar refractivity (Wildman–Crippen MR) is 95.1 cm³/mol. The standard InChI is InChI=1S/C18H18N8/c1-14-9-21-16(10-20-14)18-23-17(11-25-13-19-12-22-25)24-26(18)8-7-15-5-3-2-4-6-15/h2-6,9-10,12-13H,7-8,11H2,1H3. The quantitative estimate of drug-likeness (QED) is 0.530. The van der Waals surface area contributed by atoms with Gasteiger partial charge in [-0.15, -0.1) is 0 Å². The Hall–Kier alpha value is -3.42. The first-order valence-electron chi connectivity index (χ1n) is 8.37. The van der Waals surface area contributed by atoms with Gasteiger partial charge in [0.15, 0.2) is 11.6 Å². The number of benzene rings is 1. The maximum atomic E-state index is 4.66. The molecule has 0 aliphatic heterocycles. The van der Waals surface area contributed by atoms with Crippen LogP contribution >= 0.6 is 0 Å². The third-order valence-corrected chi connectivity index (χ3v) is 3.95. The molecule has 0 saturated heterocycles. The Balaban J connectivity index is 1.63. The Kier molecular flexibility index (Phi) is 4.46. The number of hydrogen-bond donors (Lipinski definition) is 0. The fourth-order valence-corrected chi connectivity index (χ4v) is 2.65. The molecule has 4 aromatic rings. The zero-order valence-electron chi connectivity index (χ0n) is 14.4. The van der Waals surface area contributed by atoms with Gasteiger partial charge in [-0.3, -0.25) is 4.98 Å². The first-order valence-corrected chi connectivity index (χ1v) is 8.37. The van der Waals surface area contributed by atoms with Crippen LogP contribution in [0.5, 0.6) is 0 Å². The van der Waals surface area contributed by atoms with E-state index in [1.807, 2.05) is 29.8 Å². The van der Waals surface area contributed by atoms with Crippen LogP contribution in [0.25, 0.3) is 11.5 Å². The smallest absolute Gasteiger partial charge is 0.178 e. The lowest BCUT2D eigenvalue weighted by atomic mass is 10.1. The van der Waals surface area contributed by atoms with Gasteiger partial charge < -0.3 is 0 Å². The topological polar surface area (TPSA) is 87.2 Å². The summed E-state index contributed by atoms with van der Waals surface area (Å²) in [5.41, 5.74) is 2.83. The number of nitrogens with zero attached hydrogens (tertiary/aromatic N) is 8. The summed E-state index contributed by atoms with van der Waals surface area (Å²) in [7, 11) is 0. The average Bonchev–Trinajstić information content (AvgIpc) is 3.32. The molecule has 1 aromatic carbocycles. The maximum Gasteiger partial charge on any atom is 0.178 e. The van der Waals surface area contributed by atoms with Crippen LogP contribution < -0.4 is 0 Å². The van der Waals surface area contributed by atoms with Crippen molar-refractivity contribution in [1.82, 2.24) is 39.5 Å². The summed E-state index contributed by atoms with van der Waals surface area (Å²) < 4.78 is 3.58. The molecule has 0 N–H and O–H groups in total. The van der Waals surface area contributed by atoms with Crippen molar-refractivity contribution in [2.45, 2.75) is 26.4 Å². The largest absolute Gasteiger partial charge is 0.258 e. The van der Waals surface area contributed by atoms with Gasteiger partial charge in [-0.1, -0.05) is 30.3 Å². The number of rotatable bonds is 6. The van der Waals surface area contributed by atoms with Crippen molar-refractivity contribution in [2.75, 3.05) is 0 Å². The molecular weight excluding hydrogens is 328 g/mol. The summed E-state index contributed by atoms with van der Waals surface area (Å²) in [6.07, 6.45) is 7.48. The first-order chi connectivity index (χ1) is 12.8. The molecule has 0 amide bonds. The number of aromatic nitrogens is 8. The molecule has 3 heterocycles. The van der Waals surface area contributed by atoms with Crippen molar-refractivity contribution in [3.63, 3.8) is 0 Å². The van der Waals surface area contributed by atoms with Crippen LogP contribution in [0.3, 0.4) is 0 Å². The Morgan fingerprint density at radius 1 is 1.04 bits per heavy atom. The third kappa shape index (κ3) is 3.64. The van der Waals surface area contributed by atoms with Crippen molar-refractivity contribution in [2.24, 2.45) is 0 Å². The van der Waals surface area contributed by atoms with Crippen LogP contribution in [-0.2, 0) is 19.5 Å². The van der Waals surface area contributed by atoms with E-state index in [1.54, 1.807) is 23.4 Å². The molecule has 130 valence electrons. The third-order valence-electron chi connectivity index (χ3n) is 3.95. The molecule has 0 atom stereocenters. The van der Waals surface area contributed by atoms with E-state index >= 15 is 0 Å². The minimum atomic E-state index is 0.463. The normalized spacial score (nSPS) is 11.0. The highest BCUT2D eigenvalue weighted by molar-refractivity contribution is 5.47. The minimum absolute atomic E-state index is 0.463. The summed E-state index contributed by atoms with van der Waals surface area (Å²) >= 11 is 0. The van der Waals surface area contributed by atoms with Gasteiger partial charge in [0.25, 0.3) is 0 Å². The van der Waals surface area contributed by atoms with Crippen LogP contribution in [0, 0.1) is 6.92 Å². The van der Waals surface area contributed by atoms with Gasteiger partial charge in [0, 0.05) is 12.7 Å². The zero-order valence-corrected chi connectivity index (χ0v) is 14.4. The zero-order chi connectivity index (χ0) is 17.8. The van der Waals surface area contributed by atoms with Gasteiger partial charge in [0.05, 0.1) is 11.9 Å². The number of hydrogen-bond acceptors (Lipinski definition) is 6. The van der Waals surface area contributed by atoms with Crippen molar-refractivity contribution >= 4 is 0 Å². The lowest BCUT2D eigenvalue weighted by Crippen LogP contribution is -2.07. The lowest BCUT2D eigenvalue weighted by Gasteiger charge is -2.05. The highest BCUT2D eigenvalue weighted by atomic mass is 15.4. The van der Waals surface area contributed by atoms with Gasteiger partial charge in [0.1, 0.15) is 24.9 Å². The fraction of sp³-hybridized carbons (Fsp3) is 0.222. The maximum absolute atomic E-state index is 4.66. The van der Waals surface area contributed by atoms with Crippen molar-refractivity contribution in [3.05, 3.63) is 72.5 Å². The second-order valence-electron chi connectivity index (χ2n) is 5.95. The first kappa shape index (κ1) is 16.1. The predicted octanol–water partition coefficient (Wildman–Crippen LogP) is 1.93. The Morgan fingerprint density at radius 3 is 2.65 bits per heavy atom. The Bertz CT molecular complexity index is 958. The van der Waals surface area contributed by atoms with E-state index in [9.17, 15) is 0 Å². The summed E-state index contributed by atoms with van der Waals surface area (Å²) in [6.45, 7) is 3.08. The molecule has 8 nitrogen and oxygen atoms in total. The van der Waals surface area contributed by atoms with Gasteiger partial charge >= 0.3 is 0 Å². The van der Waals surface area contributed by atoms with Gasteiger partial charge in [-0.2, -0.15) is 10.2 Å². The summed E-state index contributed by atoms with van der Waals surface area (Å²) in [6, 6.07) is 10.3. The monoisotopic (exact) mass is 346 g/mol. The van der Waals surface area contributed by atoms with Gasteiger partial charge in [-0.25, -0.2) is 24.3 Å². The van der Waals surface area contributed by atoms with Crippen LogP contribution in [0.15, 0.2) is 55.4 Å². The van der Waals surface area contributed by atoms with Crippen molar-refractivity contribution in [3.8, 4) is 11.5 Å². The Labute approximate surface area is 150 Å². The van der Waals surface area contributed by atoms with Crippen molar-refractivity contribution in [1.29, 1.82) is 0 Å². The average molecular weight is 346 g/mol. The molecule has 26 heavy (non-hydrogen) atoms. The molecule has 4 rings (SSSR count). The molecule has 0 unspecified atom stereocenters. The van der Waals surface area contributed by atoms with Crippen LogP contribution in [0.2, 0.25) is 0 Å². The second kappa shape index (κ2) is 7.22. The highest BCUT2D eigenvalue weighted by Gasteiger charge is 2.14. The van der Waals surface area contributed by atoms with E-state index in [2.05, 4.69) is 42.3 Å². The number of aryl methyl sites for hydroxylation is 3. The summed E-state index contributed by atoms with van der Waals surface area (Å²) in [5.74, 6) is 1.38. The van der Waals surface area contributed by atoms with E-state index in [-0.39, 0.29) is 0 Å². The van der Waals surface area contributed by atoms with Crippen molar-refractivity contribution < 1.29 is 0 Å². The van der Waals surface area contributed by atoms with E-state index in [4.69, 9.17) is 0 Å². The lowest BCUT2D eigenvalue weighted by molar-refractivity contribution is 0.592. The molecule has 0 spiro atoms. The fourth-order valence-electron chi connectivity index (χ4n) is 2.65. The summed E-state index contributed by atoms with van der Waals surface area (Å²) in [5, 5.41) is 8.76. The molecule has 0 radical (unpaired) electrons. The van der Waals surface area contributed by atoms with Gasteiger partial charge in [0.2, 0.25) is 0 Å². The molecule has 0 saturated carbocycles. The molecule has 0 fully saturated rings. The second-order valence-corrected chi connectivity index (χ2v) is 5.95. The van der Waals surface area contributed by atoms with E-state index in [1.165, 1.54) is 11.9 Å². The van der Waals surface area contributed by atoms with E-state index in [0.717, 1.165) is 12.1 Å². The van der Waals surface area contributed by atoms with Gasteiger partial charge in [-0.05, 0) is 18.9 Å². The Morgan fingerprint density at radius 2 is 1.92 bits per heavy atom. The molecule has 3 aromatic heterocycles. The van der Waals surface area contributed by atoms with Crippen LogP contribution in [0.4, 0.5) is 0 Å². The molecule has 0 aliphatic carbocycles. The molecular formula is C18H18N8. The minimum Gasteiger partial charge on any atom is -0.258 e. The molecule has 0 bridgehead atoms. The molecule has 8 heteroatoms. The summed E-state index contributed by atoms with van der Waals surface area (Å²) in [4.78, 5) is 17.4. The van der Waals surface area contributed by atoms with Crippen LogP contribution in [-0.4, -0.2) is 39.5 Å². The van der Waals surface area contributed by atoms with Crippen LogP contribution in [0.1, 0.15) is 17.1 Å².